The van der Waals surface area contributed by atoms with Crippen LogP contribution in [-0.4, -0.2) is 4.57 Å². The summed E-state index contributed by atoms with van der Waals surface area (Å²) in [5.74, 6) is 0.908. The molecule has 0 radical (unpaired) electrons. The molecule has 4 aromatic carbocycles. The van der Waals surface area contributed by atoms with Crippen molar-refractivity contribution in [3.63, 3.8) is 0 Å². The fourth-order valence-corrected chi connectivity index (χ4v) is 6.53. The van der Waals surface area contributed by atoms with Gasteiger partial charge in [0, 0.05) is 34.3 Å². The molecule has 2 aliphatic rings. The fraction of sp³-hybridized carbons (Fsp3) is 0.167. The van der Waals surface area contributed by atoms with E-state index in [1.165, 1.54) is 55.2 Å². The van der Waals surface area contributed by atoms with E-state index in [1.807, 2.05) is 6.08 Å². The Labute approximate surface area is 219 Å². The number of fused-ring (bicyclic) bond motifs is 6. The highest BCUT2D eigenvalue weighted by Gasteiger charge is 2.25. The number of aryl methyl sites for hydroxylation is 1. The van der Waals surface area contributed by atoms with Gasteiger partial charge in [0.05, 0.1) is 0 Å². The van der Waals surface area contributed by atoms with Crippen molar-refractivity contribution in [1.82, 2.24) is 4.57 Å². The normalized spacial score (nSPS) is 18.8. The van der Waals surface area contributed by atoms with E-state index in [0.717, 1.165) is 25.8 Å². The molecule has 0 aliphatic heterocycles. The van der Waals surface area contributed by atoms with E-state index in [1.54, 1.807) is 0 Å². The molecule has 1 heteroatoms. The first-order valence-corrected chi connectivity index (χ1v) is 13.5. The van der Waals surface area contributed by atoms with Gasteiger partial charge in [-0.15, -0.1) is 0 Å². The lowest BCUT2D eigenvalue weighted by atomic mass is 9.86. The molecule has 2 atom stereocenters. The number of rotatable bonds is 4. The maximum absolute atomic E-state index is 3.93. The maximum Gasteiger partial charge on any atom is 0.0494 e. The highest BCUT2D eigenvalue weighted by Crippen LogP contribution is 2.44. The SMILES string of the molecule is C=CC1=CCC(Cn2c3ccccc3c3cc4c(cc32)CCC(c2ccccc2)c2ccccc2-4)C=C1. The predicted octanol–water partition coefficient (Wildman–Crippen LogP) is 9.23. The molecule has 0 N–H and O–H groups in total. The van der Waals surface area contributed by atoms with Gasteiger partial charge in [0.1, 0.15) is 0 Å². The molecule has 2 aliphatic carbocycles. The molecule has 5 aromatic rings. The van der Waals surface area contributed by atoms with Gasteiger partial charge in [0.25, 0.3) is 0 Å². The van der Waals surface area contributed by atoms with Gasteiger partial charge in [-0.2, -0.15) is 0 Å². The lowest BCUT2D eigenvalue weighted by Gasteiger charge is -2.18. The molecule has 7 rings (SSSR count). The Kier molecular flexibility index (Phi) is 5.43. The summed E-state index contributed by atoms with van der Waals surface area (Å²) in [7, 11) is 0. The van der Waals surface area contributed by atoms with E-state index in [2.05, 4.69) is 120 Å². The zero-order valence-corrected chi connectivity index (χ0v) is 21.1. The third-order valence-corrected chi connectivity index (χ3v) is 8.40. The lowest BCUT2D eigenvalue weighted by Crippen LogP contribution is -2.10. The summed E-state index contributed by atoms with van der Waals surface area (Å²) in [6, 6.07) is 34.1. The smallest absolute Gasteiger partial charge is 0.0494 e. The number of hydrogen-bond acceptors (Lipinski definition) is 0. The van der Waals surface area contributed by atoms with Crippen LogP contribution in [0.25, 0.3) is 32.9 Å². The van der Waals surface area contributed by atoms with Crippen molar-refractivity contribution < 1.29 is 0 Å². The Morgan fingerprint density at radius 3 is 2.46 bits per heavy atom. The summed E-state index contributed by atoms with van der Waals surface area (Å²) in [6.45, 7) is 4.92. The number of aromatic nitrogens is 1. The second-order valence-corrected chi connectivity index (χ2v) is 10.5. The van der Waals surface area contributed by atoms with E-state index in [-0.39, 0.29) is 0 Å². The molecule has 0 saturated carbocycles. The number of benzene rings is 4. The predicted molar refractivity (Wildman–Crippen MR) is 157 cm³/mol. The van der Waals surface area contributed by atoms with Crippen LogP contribution < -0.4 is 0 Å². The van der Waals surface area contributed by atoms with E-state index < -0.39 is 0 Å². The van der Waals surface area contributed by atoms with Crippen LogP contribution in [0.5, 0.6) is 0 Å². The van der Waals surface area contributed by atoms with Crippen molar-refractivity contribution in [3.05, 3.63) is 144 Å². The van der Waals surface area contributed by atoms with Crippen LogP contribution in [0.2, 0.25) is 0 Å². The van der Waals surface area contributed by atoms with Gasteiger partial charge in [-0.3, -0.25) is 0 Å². The van der Waals surface area contributed by atoms with Crippen LogP contribution >= 0.6 is 0 Å². The van der Waals surface area contributed by atoms with Crippen LogP contribution in [0.1, 0.15) is 35.4 Å². The molecule has 1 aromatic heterocycles. The number of allylic oxidation sites excluding steroid dienone is 5. The summed E-state index contributed by atoms with van der Waals surface area (Å²) in [4.78, 5) is 0. The van der Waals surface area contributed by atoms with Crippen LogP contribution in [0.15, 0.2) is 127 Å². The molecule has 1 nitrogen and oxygen atoms in total. The van der Waals surface area contributed by atoms with Gasteiger partial charge in [0.15, 0.2) is 0 Å². The van der Waals surface area contributed by atoms with Crippen molar-refractivity contribution in [2.75, 3.05) is 0 Å². The standard InChI is InChI=1S/C36H31N/c1-2-25-16-18-26(19-17-25)24-37-35-15-9-8-14-32(35)34-23-33-28(22-36(34)37)20-21-29(27-10-4-3-5-11-27)30-12-6-7-13-31(30)33/h2-18,22-23,26,29H,1,19-21,24H2. The minimum Gasteiger partial charge on any atom is -0.340 e. The summed E-state index contributed by atoms with van der Waals surface area (Å²) in [5.41, 5.74) is 11.1. The summed E-state index contributed by atoms with van der Waals surface area (Å²) in [5, 5.41) is 2.72. The molecular formula is C36H31N. The maximum atomic E-state index is 3.93. The van der Waals surface area contributed by atoms with E-state index in [4.69, 9.17) is 0 Å². The Bertz CT molecular complexity index is 1700. The van der Waals surface area contributed by atoms with Crippen molar-refractivity contribution in [2.45, 2.75) is 31.7 Å². The van der Waals surface area contributed by atoms with E-state index in [0.29, 0.717) is 11.8 Å². The van der Waals surface area contributed by atoms with Gasteiger partial charge in [0.2, 0.25) is 0 Å². The zero-order chi connectivity index (χ0) is 24.8. The monoisotopic (exact) mass is 477 g/mol. The summed E-state index contributed by atoms with van der Waals surface area (Å²) in [6.07, 6.45) is 12.1. The first kappa shape index (κ1) is 22.1. The quantitative estimate of drug-likeness (QED) is 0.243. The molecule has 0 amide bonds. The van der Waals surface area contributed by atoms with Crippen molar-refractivity contribution >= 4 is 21.8 Å². The third-order valence-electron chi connectivity index (χ3n) is 8.40. The third kappa shape index (κ3) is 3.78. The molecular weight excluding hydrogens is 446 g/mol. The highest BCUT2D eigenvalue weighted by molar-refractivity contribution is 6.10. The molecule has 37 heavy (non-hydrogen) atoms. The molecule has 1 heterocycles. The van der Waals surface area contributed by atoms with Gasteiger partial charge in [-0.1, -0.05) is 104 Å². The molecule has 180 valence electrons. The minimum atomic E-state index is 0.418. The first-order valence-electron chi connectivity index (χ1n) is 13.5. The van der Waals surface area contributed by atoms with Crippen molar-refractivity contribution in [1.29, 1.82) is 0 Å². The Balaban J connectivity index is 1.39. The number of para-hydroxylation sites is 1. The average molecular weight is 478 g/mol. The van der Waals surface area contributed by atoms with E-state index in [9.17, 15) is 0 Å². The Morgan fingerprint density at radius 1 is 0.811 bits per heavy atom. The highest BCUT2D eigenvalue weighted by atomic mass is 15.0. The molecule has 0 fully saturated rings. The fourth-order valence-electron chi connectivity index (χ4n) is 6.53. The second kappa shape index (κ2) is 9.09. The Hall–Kier alpha value is -4.10. The molecule has 0 bridgehead atoms. The summed E-state index contributed by atoms with van der Waals surface area (Å²) < 4.78 is 2.57. The minimum absolute atomic E-state index is 0.418. The molecule has 2 unspecified atom stereocenters. The Morgan fingerprint density at radius 2 is 1.62 bits per heavy atom. The lowest BCUT2D eigenvalue weighted by molar-refractivity contribution is 0.552. The van der Waals surface area contributed by atoms with Gasteiger partial charge < -0.3 is 4.57 Å². The largest absolute Gasteiger partial charge is 0.340 e. The summed E-state index contributed by atoms with van der Waals surface area (Å²) >= 11 is 0. The van der Waals surface area contributed by atoms with Crippen molar-refractivity contribution in [2.24, 2.45) is 5.92 Å². The molecule has 0 spiro atoms. The van der Waals surface area contributed by atoms with Crippen LogP contribution in [-0.2, 0) is 13.0 Å². The topological polar surface area (TPSA) is 4.93 Å². The van der Waals surface area contributed by atoms with Crippen LogP contribution in [0.3, 0.4) is 0 Å². The second-order valence-electron chi connectivity index (χ2n) is 10.5. The van der Waals surface area contributed by atoms with Gasteiger partial charge >= 0.3 is 0 Å². The van der Waals surface area contributed by atoms with Crippen molar-refractivity contribution in [3.8, 4) is 11.1 Å². The number of nitrogens with zero attached hydrogens (tertiary/aromatic N) is 1. The van der Waals surface area contributed by atoms with E-state index >= 15 is 0 Å². The van der Waals surface area contributed by atoms with Crippen LogP contribution in [0, 0.1) is 5.92 Å². The van der Waals surface area contributed by atoms with Gasteiger partial charge in [-0.25, -0.2) is 0 Å². The first-order chi connectivity index (χ1) is 18.3. The number of hydrogen-bond donors (Lipinski definition) is 0. The average Bonchev–Trinajstić information content (AvgIpc) is 3.15. The molecule has 0 saturated heterocycles. The van der Waals surface area contributed by atoms with Gasteiger partial charge in [-0.05, 0) is 76.8 Å². The zero-order valence-electron chi connectivity index (χ0n) is 21.1. The van der Waals surface area contributed by atoms with Crippen LogP contribution in [0.4, 0.5) is 0 Å².